The SMILES string of the molecule is CC(C)(C(=O)O)S(=O)(=O)c1cnc(NC(=O)N(CCOCc2ccccc2F)C2CCCCC2)s1. The van der Waals surface area contributed by atoms with Crippen LogP contribution in [0.1, 0.15) is 51.5 Å². The van der Waals surface area contributed by atoms with Gasteiger partial charge in [-0.15, -0.1) is 0 Å². The molecule has 35 heavy (non-hydrogen) atoms. The predicted molar refractivity (Wildman–Crippen MR) is 130 cm³/mol. The fourth-order valence-corrected chi connectivity index (χ4v) is 6.54. The molecule has 1 fully saturated rings. The van der Waals surface area contributed by atoms with Crippen molar-refractivity contribution in [2.75, 3.05) is 18.5 Å². The van der Waals surface area contributed by atoms with Gasteiger partial charge in [-0.05, 0) is 32.8 Å². The van der Waals surface area contributed by atoms with Crippen LogP contribution in [-0.4, -0.2) is 59.3 Å². The molecule has 1 aromatic heterocycles. The van der Waals surface area contributed by atoms with Gasteiger partial charge in [0.2, 0.25) is 9.84 Å². The average molecular weight is 528 g/mol. The Labute approximate surface area is 208 Å². The Bertz CT molecular complexity index is 1150. The van der Waals surface area contributed by atoms with E-state index in [9.17, 15) is 27.5 Å². The van der Waals surface area contributed by atoms with Crippen LogP contribution >= 0.6 is 11.3 Å². The zero-order chi connectivity index (χ0) is 25.6. The zero-order valence-electron chi connectivity index (χ0n) is 19.7. The standard InChI is InChI=1S/C23H30FN3O6S2/c1-23(2,20(28)29)35(31,32)19-14-25-21(34-19)26-22(30)27(17-9-4-3-5-10-17)12-13-33-15-16-8-6-7-11-18(16)24/h6-8,11,14,17H,3-5,9-10,12-13,15H2,1-2H3,(H,28,29)(H,25,26,30). The first kappa shape index (κ1) is 27.0. The van der Waals surface area contributed by atoms with Crippen molar-refractivity contribution in [2.24, 2.45) is 0 Å². The molecule has 2 N–H and O–H groups in total. The molecule has 1 heterocycles. The number of sulfone groups is 1. The number of carboxylic acids is 1. The lowest BCUT2D eigenvalue weighted by atomic mass is 9.94. The summed E-state index contributed by atoms with van der Waals surface area (Å²) in [4.78, 5) is 30.2. The molecule has 1 saturated carbocycles. The number of rotatable bonds is 10. The van der Waals surface area contributed by atoms with Gasteiger partial charge in [0.1, 0.15) is 10.0 Å². The number of benzene rings is 1. The summed E-state index contributed by atoms with van der Waals surface area (Å²) in [5, 5.41) is 12.0. The van der Waals surface area contributed by atoms with Crippen molar-refractivity contribution in [3.05, 3.63) is 41.8 Å². The minimum atomic E-state index is -4.20. The maximum Gasteiger partial charge on any atom is 0.324 e. The summed E-state index contributed by atoms with van der Waals surface area (Å²) in [7, 11) is -4.20. The summed E-state index contributed by atoms with van der Waals surface area (Å²) < 4.78 is 42.6. The predicted octanol–water partition coefficient (Wildman–Crippen LogP) is 4.30. The van der Waals surface area contributed by atoms with E-state index in [1.165, 1.54) is 6.07 Å². The maximum atomic E-state index is 13.8. The number of thiazole rings is 1. The fraction of sp³-hybridized carbons (Fsp3) is 0.522. The molecule has 1 aromatic carbocycles. The van der Waals surface area contributed by atoms with Gasteiger partial charge in [-0.2, -0.15) is 0 Å². The second kappa shape index (κ2) is 11.4. The molecule has 0 atom stereocenters. The van der Waals surface area contributed by atoms with Crippen molar-refractivity contribution >= 4 is 38.3 Å². The maximum absolute atomic E-state index is 13.8. The number of nitrogens with one attached hydrogen (secondary N) is 1. The van der Waals surface area contributed by atoms with E-state index in [2.05, 4.69) is 10.3 Å². The minimum Gasteiger partial charge on any atom is -0.480 e. The zero-order valence-corrected chi connectivity index (χ0v) is 21.3. The molecule has 0 unspecified atom stereocenters. The van der Waals surface area contributed by atoms with E-state index < -0.39 is 26.6 Å². The third-order valence-corrected chi connectivity index (χ3v) is 9.89. The average Bonchev–Trinajstić information content (AvgIpc) is 3.29. The number of ether oxygens (including phenoxy) is 1. The summed E-state index contributed by atoms with van der Waals surface area (Å²) in [5.74, 6) is -1.83. The van der Waals surface area contributed by atoms with Crippen LogP contribution in [0.4, 0.5) is 14.3 Å². The molecule has 0 spiro atoms. The van der Waals surface area contributed by atoms with E-state index in [1.54, 1.807) is 23.1 Å². The number of aromatic nitrogens is 1. The lowest BCUT2D eigenvalue weighted by Crippen LogP contribution is -2.45. The number of anilines is 1. The number of hydrogen-bond acceptors (Lipinski definition) is 7. The highest BCUT2D eigenvalue weighted by molar-refractivity contribution is 7.95. The summed E-state index contributed by atoms with van der Waals surface area (Å²) in [6.07, 6.45) is 5.82. The molecule has 0 saturated heterocycles. The van der Waals surface area contributed by atoms with Gasteiger partial charge in [0.15, 0.2) is 9.88 Å². The molecule has 0 aliphatic heterocycles. The van der Waals surface area contributed by atoms with Crippen molar-refractivity contribution in [3.63, 3.8) is 0 Å². The van der Waals surface area contributed by atoms with Crippen molar-refractivity contribution in [1.29, 1.82) is 0 Å². The topological polar surface area (TPSA) is 126 Å². The van der Waals surface area contributed by atoms with Crippen LogP contribution in [0.2, 0.25) is 0 Å². The number of hydrogen-bond donors (Lipinski definition) is 2. The second-order valence-corrected chi connectivity index (χ2v) is 12.6. The van der Waals surface area contributed by atoms with Crippen LogP contribution < -0.4 is 5.32 Å². The Morgan fingerprint density at radius 3 is 2.60 bits per heavy atom. The van der Waals surface area contributed by atoms with Gasteiger partial charge >= 0.3 is 12.0 Å². The largest absolute Gasteiger partial charge is 0.480 e. The number of carboxylic acid groups (broad SMARTS) is 1. The molecule has 1 aliphatic rings. The van der Waals surface area contributed by atoms with E-state index in [0.717, 1.165) is 52.1 Å². The number of halogens is 1. The van der Waals surface area contributed by atoms with Crippen LogP contribution in [0.25, 0.3) is 0 Å². The Balaban J connectivity index is 1.67. The number of carbonyl (C=O) groups is 2. The van der Waals surface area contributed by atoms with Gasteiger partial charge in [0.25, 0.3) is 0 Å². The molecule has 9 nitrogen and oxygen atoms in total. The first-order chi connectivity index (χ1) is 16.5. The molecule has 192 valence electrons. The minimum absolute atomic E-state index is 0.00470. The number of aliphatic carboxylic acids is 1. The number of urea groups is 1. The normalized spacial score (nSPS) is 15.1. The van der Waals surface area contributed by atoms with Gasteiger partial charge in [-0.25, -0.2) is 22.6 Å². The summed E-state index contributed by atoms with van der Waals surface area (Å²) >= 11 is 0.710. The third-order valence-electron chi connectivity index (χ3n) is 6.12. The highest BCUT2D eigenvalue weighted by Gasteiger charge is 2.44. The fourth-order valence-electron chi connectivity index (χ4n) is 3.77. The number of amides is 2. The van der Waals surface area contributed by atoms with Crippen LogP contribution in [0.15, 0.2) is 34.7 Å². The molecular formula is C23H30FN3O6S2. The molecule has 0 bridgehead atoms. The van der Waals surface area contributed by atoms with Crippen LogP contribution in [0.5, 0.6) is 0 Å². The Hall–Kier alpha value is -2.57. The quantitative estimate of drug-likeness (QED) is 0.441. The van der Waals surface area contributed by atoms with E-state index in [-0.39, 0.29) is 41.0 Å². The summed E-state index contributed by atoms with van der Waals surface area (Å²) in [6, 6.07) is 5.88. The van der Waals surface area contributed by atoms with Gasteiger partial charge in [0.05, 0.1) is 19.4 Å². The summed E-state index contributed by atoms with van der Waals surface area (Å²) in [5.41, 5.74) is 0.432. The third kappa shape index (κ3) is 6.36. The molecule has 1 aliphatic carbocycles. The van der Waals surface area contributed by atoms with E-state index >= 15 is 0 Å². The highest BCUT2D eigenvalue weighted by atomic mass is 32.2. The van der Waals surface area contributed by atoms with Crippen molar-refractivity contribution in [2.45, 2.75) is 67.6 Å². The van der Waals surface area contributed by atoms with E-state index in [1.807, 2.05) is 0 Å². The van der Waals surface area contributed by atoms with Gasteiger partial charge in [0, 0.05) is 18.2 Å². The van der Waals surface area contributed by atoms with Crippen LogP contribution in [0.3, 0.4) is 0 Å². The van der Waals surface area contributed by atoms with Crippen molar-refractivity contribution < 1.29 is 32.2 Å². The van der Waals surface area contributed by atoms with E-state index in [0.29, 0.717) is 16.9 Å². The van der Waals surface area contributed by atoms with Crippen molar-refractivity contribution in [3.8, 4) is 0 Å². The lowest BCUT2D eigenvalue weighted by molar-refractivity contribution is -0.139. The van der Waals surface area contributed by atoms with Crippen molar-refractivity contribution in [1.82, 2.24) is 9.88 Å². The van der Waals surface area contributed by atoms with Gasteiger partial charge in [-0.3, -0.25) is 10.1 Å². The molecule has 2 aromatic rings. The molecule has 0 radical (unpaired) electrons. The number of nitrogens with zero attached hydrogens (tertiary/aromatic N) is 2. The highest BCUT2D eigenvalue weighted by Crippen LogP contribution is 2.32. The molecule has 2 amide bonds. The molecule has 12 heteroatoms. The molecule has 3 rings (SSSR count). The Morgan fingerprint density at radius 1 is 1.26 bits per heavy atom. The smallest absolute Gasteiger partial charge is 0.324 e. The second-order valence-electron chi connectivity index (χ2n) is 8.86. The number of carbonyl (C=O) groups excluding carboxylic acids is 1. The van der Waals surface area contributed by atoms with Gasteiger partial charge < -0.3 is 14.7 Å². The lowest BCUT2D eigenvalue weighted by Gasteiger charge is -2.34. The van der Waals surface area contributed by atoms with Crippen LogP contribution in [-0.2, 0) is 26.0 Å². The van der Waals surface area contributed by atoms with E-state index in [4.69, 9.17) is 4.74 Å². The molecular weight excluding hydrogens is 497 g/mol. The van der Waals surface area contributed by atoms with Crippen LogP contribution in [0, 0.1) is 5.82 Å². The first-order valence-corrected chi connectivity index (χ1v) is 13.7. The monoisotopic (exact) mass is 527 g/mol. The Kier molecular flexibility index (Phi) is 8.84. The summed E-state index contributed by atoms with van der Waals surface area (Å²) in [6.45, 7) is 2.76. The Morgan fingerprint density at radius 2 is 1.94 bits per heavy atom. The van der Waals surface area contributed by atoms with Gasteiger partial charge in [-0.1, -0.05) is 48.8 Å². The first-order valence-electron chi connectivity index (χ1n) is 11.4.